The second-order valence-corrected chi connectivity index (χ2v) is 6.07. The number of hydrogen-bond donors (Lipinski definition) is 1. The molecule has 0 bridgehead atoms. The number of amidine groups is 1. The Kier molecular flexibility index (Phi) is 2.86. The van der Waals surface area contributed by atoms with Crippen LogP contribution >= 0.6 is 11.8 Å². The SMILES string of the molecule is CC1(C)CSC(=NCc2ccc3c(c2)OCO3)N1. The molecule has 2 heterocycles. The van der Waals surface area contributed by atoms with E-state index in [9.17, 15) is 0 Å². The highest BCUT2D eigenvalue weighted by molar-refractivity contribution is 8.14. The summed E-state index contributed by atoms with van der Waals surface area (Å²) in [5.74, 6) is 2.70. The number of nitrogens with one attached hydrogen (secondary N) is 1. The van der Waals surface area contributed by atoms with Crippen LogP contribution < -0.4 is 14.8 Å². The predicted octanol–water partition coefficient (Wildman–Crippen LogP) is 2.39. The molecule has 1 aromatic carbocycles. The Bertz CT molecular complexity index is 500. The maximum absolute atomic E-state index is 5.35. The van der Waals surface area contributed by atoms with E-state index in [1.807, 2.05) is 18.2 Å². The Labute approximate surface area is 111 Å². The van der Waals surface area contributed by atoms with E-state index in [0.29, 0.717) is 13.3 Å². The van der Waals surface area contributed by atoms with Crippen molar-refractivity contribution in [2.45, 2.75) is 25.9 Å². The molecule has 0 atom stereocenters. The highest BCUT2D eigenvalue weighted by Gasteiger charge is 2.27. The lowest BCUT2D eigenvalue weighted by Crippen LogP contribution is -2.36. The molecule has 0 unspecified atom stereocenters. The Morgan fingerprint density at radius 2 is 2.17 bits per heavy atom. The summed E-state index contributed by atoms with van der Waals surface area (Å²) in [6.07, 6.45) is 0. The molecule has 1 fully saturated rings. The normalized spacial score (nSPS) is 22.2. The zero-order valence-electron chi connectivity index (χ0n) is 10.5. The molecule has 4 nitrogen and oxygen atoms in total. The van der Waals surface area contributed by atoms with Gasteiger partial charge in [0.05, 0.1) is 6.54 Å². The van der Waals surface area contributed by atoms with Gasteiger partial charge in [-0.15, -0.1) is 0 Å². The van der Waals surface area contributed by atoms with Crippen molar-refractivity contribution in [1.29, 1.82) is 0 Å². The zero-order chi connectivity index (χ0) is 12.6. The molecular formula is C13H16N2O2S. The molecule has 0 saturated carbocycles. The number of ether oxygens (including phenoxy) is 2. The fourth-order valence-electron chi connectivity index (χ4n) is 1.90. The lowest BCUT2D eigenvalue weighted by atomic mass is 10.1. The van der Waals surface area contributed by atoms with Crippen LogP contribution in [-0.2, 0) is 6.54 Å². The number of thioether (sulfide) groups is 1. The molecule has 96 valence electrons. The van der Waals surface area contributed by atoms with Crippen molar-refractivity contribution in [2.75, 3.05) is 12.5 Å². The lowest BCUT2D eigenvalue weighted by Gasteiger charge is -2.15. The molecule has 0 spiro atoms. The average Bonchev–Trinajstić information content (AvgIpc) is 2.92. The van der Waals surface area contributed by atoms with Crippen molar-refractivity contribution < 1.29 is 9.47 Å². The molecule has 1 saturated heterocycles. The summed E-state index contributed by atoms with van der Waals surface area (Å²) in [4.78, 5) is 4.59. The molecule has 18 heavy (non-hydrogen) atoms. The maximum Gasteiger partial charge on any atom is 0.231 e. The lowest BCUT2D eigenvalue weighted by molar-refractivity contribution is 0.174. The Balaban J connectivity index is 1.69. The van der Waals surface area contributed by atoms with Crippen LogP contribution in [0.25, 0.3) is 0 Å². The summed E-state index contributed by atoms with van der Waals surface area (Å²) < 4.78 is 10.6. The number of benzene rings is 1. The summed E-state index contributed by atoms with van der Waals surface area (Å²) >= 11 is 1.78. The van der Waals surface area contributed by atoms with Gasteiger partial charge in [0.15, 0.2) is 16.7 Å². The van der Waals surface area contributed by atoms with Crippen molar-refractivity contribution in [2.24, 2.45) is 4.99 Å². The van der Waals surface area contributed by atoms with Crippen molar-refractivity contribution in [3.8, 4) is 11.5 Å². The zero-order valence-corrected chi connectivity index (χ0v) is 11.3. The number of hydrogen-bond acceptors (Lipinski definition) is 4. The highest BCUT2D eigenvalue weighted by Crippen LogP contribution is 2.32. The van der Waals surface area contributed by atoms with Gasteiger partial charge in [0, 0.05) is 11.3 Å². The molecule has 0 radical (unpaired) electrons. The Hall–Kier alpha value is -1.36. The Morgan fingerprint density at radius 1 is 1.33 bits per heavy atom. The Morgan fingerprint density at radius 3 is 2.94 bits per heavy atom. The van der Waals surface area contributed by atoms with Crippen LogP contribution in [0.2, 0.25) is 0 Å². The smallest absolute Gasteiger partial charge is 0.231 e. The number of fused-ring (bicyclic) bond motifs is 1. The largest absolute Gasteiger partial charge is 0.454 e. The van der Waals surface area contributed by atoms with Gasteiger partial charge in [0.25, 0.3) is 0 Å². The molecule has 3 rings (SSSR count). The topological polar surface area (TPSA) is 42.9 Å². The minimum absolute atomic E-state index is 0.151. The summed E-state index contributed by atoms with van der Waals surface area (Å²) in [5, 5.41) is 4.44. The maximum atomic E-state index is 5.35. The fourth-order valence-corrected chi connectivity index (χ4v) is 2.97. The van der Waals surface area contributed by atoms with Crippen LogP contribution in [0.4, 0.5) is 0 Å². The van der Waals surface area contributed by atoms with Crippen LogP contribution in [0.3, 0.4) is 0 Å². The fraction of sp³-hybridized carbons (Fsp3) is 0.462. The second kappa shape index (κ2) is 4.39. The number of aliphatic imine (C=N–C) groups is 1. The van der Waals surface area contributed by atoms with E-state index in [4.69, 9.17) is 9.47 Å². The van der Waals surface area contributed by atoms with Gasteiger partial charge in [-0.05, 0) is 31.5 Å². The van der Waals surface area contributed by atoms with E-state index in [2.05, 4.69) is 24.2 Å². The van der Waals surface area contributed by atoms with Gasteiger partial charge in [-0.25, -0.2) is 0 Å². The van der Waals surface area contributed by atoms with E-state index in [0.717, 1.165) is 28.0 Å². The van der Waals surface area contributed by atoms with Gasteiger partial charge >= 0.3 is 0 Å². The van der Waals surface area contributed by atoms with Gasteiger partial charge in [0.2, 0.25) is 6.79 Å². The second-order valence-electron chi connectivity index (χ2n) is 5.11. The number of nitrogens with zero attached hydrogens (tertiary/aromatic N) is 1. The van der Waals surface area contributed by atoms with E-state index in [1.54, 1.807) is 11.8 Å². The third-order valence-corrected chi connectivity index (χ3v) is 4.23. The molecule has 1 aromatic rings. The quantitative estimate of drug-likeness (QED) is 0.890. The first-order chi connectivity index (χ1) is 8.62. The van der Waals surface area contributed by atoms with E-state index in [-0.39, 0.29) is 5.54 Å². The molecule has 0 aliphatic carbocycles. The van der Waals surface area contributed by atoms with Crippen LogP contribution in [0.5, 0.6) is 11.5 Å². The van der Waals surface area contributed by atoms with Crippen LogP contribution in [-0.4, -0.2) is 23.3 Å². The van der Waals surface area contributed by atoms with Gasteiger partial charge in [-0.3, -0.25) is 4.99 Å². The molecular weight excluding hydrogens is 248 g/mol. The van der Waals surface area contributed by atoms with Crippen molar-refractivity contribution in [3.63, 3.8) is 0 Å². The average molecular weight is 264 g/mol. The minimum atomic E-state index is 0.151. The summed E-state index contributed by atoms with van der Waals surface area (Å²) in [7, 11) is 0. The number of rotatable bonds is 2. The third-order valence-electron chi connectivity index (χ3n) is 2.86. The van der Waals surface area contributed by atoms with Gasteiger partial charge < -0.3 is 14.8 Å². The van der Waals surface area contributed by atoms with Crippen molar-refractivity contribution >= 4 is 16.9 Å². The molecule has 2 aliphatic rings. The van der Waals surface area contributed by atoms with E-state index >= 15 is 0 Å². The summed E-state index contributed by atoms with van der Waals surface area (Å²) in [5.41, 5.74) is 1.29. The molecule has 0 amide bonds. The first-order valence-electron chi connectivity index (χ1n) is 5.96. The molecule has 1 N–H and O–H groups in total. The third kappa shape index (κ3) is 2.41. The summed E-state index contributed by atoms with van der Waals surface area (Å²) in [6.45, 7) is 5.35. The summed E-state index contributed by atoms with van der Waals surface area (Å²) in [6, 6.07) is 5.97. The highest BCUT2D eigenvalue weighted by atomic mass is 32.2. The molecule has 0 aromatic heterocycles. The first kappa shape index (κ1) is 11.7. The van der Waals surface area contributed by atoms with Crippen molar-refractivity contribution in [1.82, 2.24) is 5.32 Å². The van der Waals surface area contributed by atoms with E-state index in [1.165, 1.54) is 0 Å². The van der Waals surface area contributed by atoms with Crippen LogP contribution in [0, 0.1) is 0 Å². The standard InChI is InChI=1S/C13H16N2O2S/c1-13(2)7-18-12(15-13)14-6-9-3-4-10-11(5-9)17-8-16-10/h3-5H,6-8H2,1-2H3,(H,14,15). The van der Waals surface area contributed by atoms with Crippen LogP contribution in [0.1, 0.15) is 19.4 Å². The predicted molar refractivity (Wildman–Crippen MR) is 73.4 cm³/mol. The van der Waals surface area contributed by atoms with E-state index < -0.39 is 0 Å². The molecule has 5 heteroatoms. The van der Waals surface area contributed by atoms with Gasteiger partial charge in [-0.1, -0.05) is 17.8 Å². The minimum Gasteiger partial charge on any atom is -0.454 e. The monoisotopic (exact) mass is 264 g/mol. The first-order valence-corrected chi connectivity index (χ1v) is 6.95. The molecule has 2 aliphatic heterocycles. The van der Waals surface area contributed by atoms with Crippen molar-refractivity contribution in [3.05, 3.63) is 23.8 Å². The van der Waals surface area contributed by atoms with Gasteiger partial charge in [0.1, 0.15) is 0 Å². The van der Waals surface area contributed by atoms with Gasteiger partial charge in [-0.2, -0.15) is 0 Å². The van der Waals surface area contributed by atoms with Crippen LogP contribution in [0.15, 0.2) is 23.2 Å².